The van der Waals surface area contributed by atoms with Crippen molar-refractivity contribution < 1.29 is 27.5 Å². The number of nitrogens with one attached hydrogen (secondary N) is 1. The Hall–Kier alpha value is -1.27. The van der Waals surface area contributed by atoms with Crippen molar-refractivity contribution in [2.45, 2.75) is 58.5 Å². The molecular formula is C18H26F3NO3. The molecule has 4 aliphatic rings. The Kier molecular flexibility index (Phi) is 4.57. The number of alkyl halides is 3. The summed E-state index contributed by atoms with van der Waals surface area (Å²) in [6.07, 6.45) is 0.508. The Bertz CT molecular complexity index is 546. The van der Waals surface area contributed by atoms with Gasteiger partial charge in [0.15, 0.2) is 0 Å². The molecule has 4 aliphatic carbocycles. The van der Waals surface area contributed by atoms with Crippen LogP contribution in [0.3, 0.4) is 0 Å². The van der Waals surface area contributed by atoms with Gasteiger partial charge in [-0.2, -0.15) is 13.2 Å². The van der Waals surface area contributed by atoms with E-state index in [1.54, 1.807) is 0 Å². The Labute approximate surface area is 145 Å². The summed E-state index contributed by atoms with van der Waals surface area (Å²) < 4.78 is 43.2. The van der Waals surface area contributed by atoms with Gasteiger partial charge < -0.3 is 10.1 Å². The van der Waals surface area contributed by atoms with Gasteiger partial charge in [0.1, 0.15) is 5.92 Å². The summed E-state index contributed by atoms with van der Waals surface area (Å²) in [4.78, 5) is 24.4. The maximum absolute atomic E-state index is 12.7. The topological polar surface area (TPSA) is 55.4 Å². The summed E-state index contributed by atoms with van der Waals surface area (Å²) in [7, 11) is 0. The first-order valence-electron chi connectivity index (χ1n) is 9.11. The SMILES string of the molecule is CCNC(=O)C12CC3CC(CC(COC(=O)C(C)C(F)(F)F)(C3)C1)C2. The highest BCUT2D eigenvalue weighted by Gasteiger charge is 2.61. The van der Waals surface area contributed by atoms with Gasteiger partial charge in [0.05, 0.1) is 12.0 Å². The summed E-state index contributed by atoms with van der Waals surface area (Å²) in [6, 6.07) is 0. The minimum Gasteiger partial charge on any atom is -0.465 e. The molecule has 25 heavy (non-hydrogen) atoms. The van der Waals surface area contributed by atoms with Crippen LogP contribution in [0.25, 0.3) is 0 Å². The molecule has 4 saturated carbocycles. The van der Waals surface area contributed by atoms with Gasteiger partial charge in [-0.25, -0.2) is 0 Å². The van der Waals surface area contributed by atoms with Gasteiger partial charge in [-0.3, -0.25) is 9.59 Å². The predicted molar refractivity (Wildman–Crippen MR) is 84.4 cm³/mol. The first kappa shape index (κ1) is 18.5. The zero-order chi connectivity index (χ0) is 18.5. The third-order valence-corrected chi connectivity index (χ3v) is 6.37. The van der Waals surface area contributed by atoms with E-state index in [4.69, 9.17) is 4.74 Å². The van der Waals surface area contributed by atoms with Gasteiger partial charge in [-0.15, -0.1) is 0 Å². The molecule has 0 spiro atoms. The third kappa shape index (κ3) is 3.38. The average Bonchev–Trinajstić information content (AvgIpc) is 2.50. The molecule has 0 aromatic carbocycles. The van der Waals surface area contributed by atoms with Crippen LogP contribution in [0, 0.1) is 28.6 Å². The largest absolute Gasteiger partial charge is 0.465 e. The van der Waals surface area contributed by atoms with E-state index >= 15 is 0 Å². The third-order valence-electron chi connectivity index (χ3n) is 6.37. The van der Waals surface area contributed by atoms with E-state index in [0.717, 1.165) is 39.0 Å². The molecule has 3 atom stereocenters. The quantitative estimate of drug-likeness (QED) is 0.763. The van der Waals surface area contributed by atoms with Gasteiger partial charge in [0.25, 0.3) is 0 Å². The van der Waals surface area contributed by atoms with E-state index < -0.39 is 23.5 Å². The van der Waals surface area contributed by atoms with Crippen molar-refractivity contribution in [2.24, 2.45) is 28.6 Å². The lowest BCUT2D eigenvalue weighted by Crippen LogP contribution is -2.58. The van der Waals surface area contributed by atoms with E-state index in [1.807, 2.05) is 6.92 Å². The Balaban J connectivity index is 1.71. The van der Waals surface area contributed by atoms with Crippen LogP contribution in [0.4, 0.5) is 13.2 Å². The van der Waals surface area contributed by atoms with E-state index in [2.05, 4.69) is 5.32 Å². The zero-order valence-electron chi connectivity index (χ0n) is 14.7. The molecule has 0 aromatic heterocycles. The second kappa shape index (κ2) is 6.16. The van der Waals surface area contributed by atoms with Crippen molar-refractivity contribution in [1.29, 1.82) is 0 Å². The van der Waals surface area contributed by atoms with Crippen LogP contribution in [0.5, 0.6) is 0 Å². The van der Waals surface area contributed by atoms with Gasteiger partial charge in [-0.1, -0.05) is 0 Å². The van der Waals surface area contributed by atoms with E-state index in [0.29, 0.717) is 24.8 Å². The second-order valence-corrected chi connectivity index (χ2v) is 8.47. The van der Waals surface area contributed by atoms with Crippen molar-refractivity contribution in [2.75, 3.05) is 13.2 Å². The Morgan fingerprint density at radius 1 is 1.20 bits per heavy atom. The minimum absolute atomic E-state index is 0.000405. The molecule has 4 bridgehead atoms. The lowest BCUT2D eigenvalue weighted by Gasteiger charge is -2.61. The van der Waals surface area contributed by atoms with Crippen LogP contribution in [-0.4, -0.2) is 31.2 Å². The first-order valence-corrected chi connectivity index (χ1v) is 9.11. The number of hydrogen-bond acceptors (Lipinski definition) is 3. The summed E-state index contributed by atoms with van der Waals surface area (Å²) in [6.45, 7) is 3.29. The molecule has 1 N–H and O–H groups in total. The van der Waals surface area contributed by atoms with Crippen molar-refractivity contribution >= 4 is 11.9 Å². The maximum atomic E-state index is 12.7. The Morgan fingerprint density at radius 3 is 2.32 bits per heavy atom. The summed E-state index contributed by atoms with van der Waals surface area (Å²) in [5.74, 6) is -2.46. The lowest BCUT2D eigenvalue weighted by atomic mass is 9.44. The van der Waals surface area contributed by atoms with Crippen LogP contribution < -0.4 is 5.32 Å². The normalized spacial score (nSPS) is 37.6. The monoisotopic (exact) mass is 361 g/mol. The maximum Gasteiger partial charge on any atom is 0.401 e. The van der Waals surface area contributed by atoms with Gasteiger partial charge >= 0.3 is 12.1 Å². The number of hydrogen-bond donors (Lipinski definition) is 1. The molecule has 0 saturated heterocycles. The number of amides is 1. The fraction of sp³-hybridized carbons (Fsp3) is 0.889. The standard InChI is InChI=1S/C18H26F3NO3/c1-3-22-15(24)17-7-12-4-13(8-17)6-16(5-12,9-17)10-25-14(23)11(2)18(19,20)21/h11-13H,3-10H2,1-2H3,(H,22,24). The molecule has 4 fully saturated rings. The van der Waals surface area contributed by atoms with Crippen LogP contribution in [-0.2, 0) is 14.3 Å². The highest BCUT2D eigenvalue weighted by Crippen LogP contribution is 2.65. The van der Waals surface area contributed by atoms with Crippen LogP contribution in [0.1, 0.15) is 52.4 Å². The average molecular weight is 361 g/mol. The Morgan fingerprint density at radius 2 is 1.80 bits per heavy atom. The van der Waals surface area contributed by atoms with Crippen molar-refractivity contribution in [3.8, 4) is 0 Å². The zero-order valence-corrected chi connectivity index (χ0v) is 14.7. The first-order chi connectivity index (χ1) is 11.6. The molecule has 142 valence electrons. The van der Waals surface area contributed by atoms with Crippen LogP contribution >= 0.6 is 0 Å². The molecule has 0 radical (unpaired) electrons. The number of ether oxygens (including phenoxy) is 1. The molecule has 0 aromatic rings. The summed E-state index contributed by atoms with van der Waals surface area (Å²) in [5, 5.41) is 2.93. The van der Waals surface area contributed by atoms with Crippen molar-refractivity contribution in [3.05, 3.63) is 0 Å². The van der Waals surface area contributed by atoms with Gasteiger partial charge in [0, 0.05) is 12.0 Å². The molecule has 4 nitrogen and oxygen atoms in total. The second-order valence-electron chi connectivity index (χ2n) is 8.47. The molecular weight excluding hydrogens is 335 g/mol. The number of carbonyl (C=O) groups is 2. The number of halogens is 3. The molecule has 1 amide bonds. The lowest BCUT2D eigenvalue weighted by molar-refractivity contribution is -0.201. The molecule has 3 unspecified atom stereocenters. The summed E-state index contributed by atoms with van der Waals surface area (Å²) in [5.41, 5.74) is -0.766. The van der Waals surface area contributed by atoms with Crippen molar-refractivity contribution in [1.82, 2.24) is 5.32 Å². The van der Waals surface area contributed by atoms with Crippen LogP contribution in [0.15, 0.2) is 0 Å². The predicted octanol–water partition coefficient (Wildman–Crippen LogP) is 3.45. The number of esters is 1. The fourth-order valence-corrected chi connectivity index (χ4v) is 5.72. The molecule has 4 rings (SSSR count). The number of rotatable bonds is 5. The van der Waals surface area contributed by atoms with Gasteiger partial charge in [0.2, 0.25) is 5.91 Å². The van der Waals surface area contributed by atoms with E-state index in [-0.39, 0.29) is 17.9 Å². The summed E-state index contributed by atoms with van der Waals surface area (Å²) >= 11 is 0. The van der Waals surface area contributed by atoms with Gasteiger partial charge in [-0.05, 0) is 64.2 Å². The van der Waals surface area contributed by atoms with Crippen LogP contribution in [0.2, 0.25) is 0 Å². The fourth-order valence-electron chi connectivity index (χ4n) is 5.72. The highest BCUT2D eigenvalue weighted by atomic mass is 19.4. The molecule has 0 aliphatic heterocycles. The minimum atomic E-state index is -4.58. The van der Waals surface area contributed by atoms with E-state index in [9.17, 15) is 22.8 Å². The highest BCUT2D eigenvalue weighted by molar-refractivity contribution is 5.83. The molecule has 0 heterocycles. The van der Waals surface area contributed by atoms with Crippen molar-refractivity contribution in [3.63, 3.8) is 0 Å². The van der Waals surface area contributed by atoms with E-state index in [1.165, 1.54) is 0 Å². The smallest absolute Gasteiger partial charge is 0.401 e. The number of carbonyl (C=O) groups excluding carboxylic acids is 2. The molecule has 7 heteroatoms.